The van der Waals surface area contributed by atoms with Gasteiger partial charge in [-0.25, -0.2) is 0 Å². The summed E-state index contributed by atoms with van der Waals surface area (Å²) in [6.07, 6.45) is 6.43. The van der Waals surface area contributed by atoms with Gasteiger partial charge >= 0.3 is 0 Å². The van der Waals surface area contributed by atoms with Crippen LogP contribution in [0.1, 0.15) is 39.0 Å². The van der Waals surface area contributed by atoms with Crippen LogP contribution >= 0.6 is 0 Å². The third-order valence-corrected chi connectivity index (χ3v) is 4.07. The molecule has 17 heavy (non-hydrogen) atoms. The lowest BCUT2D eigenvalue weighted by atomic mass is 9.80. The Balaban J connectivity index is 1.77. The molecule has 0 spiro atoms. The van der Waals surface area contributed by atoms with E-state index in [0.717, 1.165) is 12.5 Å². The Hall–Kier alpha value is -0.900. The van der Waals surface area contributed by atoms with Crippen molar-refractivity contribution in [2.24, 2.45) is 11.8 Å². The van der Waals surface area contributed by atoms with Crippen LogP contribution in [0.4, 0.5) is 0 Å². The van der Waals surface area contributed by atoms with Crippen LogP contribution in [0.25, 0.3) is 0 Å². The Morgan fingerprint density at radius 2 is 1.59 bits per heavy atom. The van der Waals surface area contributed by atoms with E-state index in [1.807, 2.05) is 4.90 Å². The van der Waals surface area contributed by atoms with Crippen LogP contribution < -0.4 is 5.32 Å². The maximum absolute atomic E-state index is 11.3. The van der Waals surface area contributed by atoms with Crippen molar-refractivity contribution in [2.45, 2.75) is 39.0 Å². The van der Waals surface area contributed by atoms with E-state index in [4.69, 9.17) is 0 Å². The average Bonchev–Trinajstić information content (AvgIpc) is 2.28. The maximum atomic E-state index is 11.3. The van der Waals surface area contributed by atoms with E-state index < -0.39 is 0 Å². The number of carbonyl (C=O) groups excluding carboxylic acids is 2. The first-order chi connectivity index (χ1) is 8.17. The van der Waals surface area contributed by atoms with Gasteiger partial charge in [-0.05, 0) is 24.7 Å². The minimum Gasteiger partial charge on any atom is -0.294 e. The van der Waals surface area contributed by atoms with Gasteiger partial charge in [0, 0.05) is 6.54 Å². The second-order valence-electron chi connectivity index (χ2n) is 5.44. The summed E-state index contributed by atoms with van der Waals surface area (Å²) in [5.74, 6) is 1.28. The van der Waals surface area contributed by atoms with Crippen LogP contribution in [0, 0.1) is 11.8 Å². The molecule has 1 heterocycles. The largest absolute Gasteiger partial charge is 0.294 e. The molecule has 1 N–H and O–H groups in total. The Kier molecular flexibility index (Phi) is 4.15. The van der Waals surface area contributed by atoms with Crippen LogP contribution in [0.5, 0.6) is 0 Å². The highest BCUT2D eigenvalue weighted by molar-refractivity contribution is 5.99. The summed E-state index contributed by atoms with van der Waals surface area (Å²) in [7, 11) is 0. The molecule has 0 aromatic carbocycles. The molecule has 1 saturated heterocycles. The van der Waals surface area contributed by atoms with Crippen molar-refractivity contribution < 1.29 is 9.59 Å². The number of hydrogen-bond acceptors (Lipinski definition) is 3. The predicted molar refractivity (Wildman–Crippen MR) is 65.3 cm³/mol. The van der Waals surface area contributed by atoms with Crippen molar-refractivity contribution in [3.63, 3.8) is 0 Å². The van der Waals surface area contributed by atoms with Crippen LogP contribution in [0.3, 0.4) is 0 Å². The van der Waals surface area contributed by atoms with Crippen molar-refractivity contribution in [1.82, 2.24) is 10.2 Å². The standard InChI is InChI=1S/C13H22N2O2/c1-2-10-3-5-11(6-4-10)7-15-8-12(16)14-13(17)9-15/h10-11H,2-9H2,1H3,(H,14,16,17). The lowest BCUT2D eigenvalue weighted by Crippen LogP contribution is -2.52. The van der Waals surface area contributed by atoms with E-state index in [9.17, 15) is 9.59 Å². The fourth-order valence-corrected chi connectivity index (χ4v) is 3.01. The van der Waals surface area contributed by atoms with Crippen LogP contribution in [0.2, 0.25) is 0 Å². The van der Waals surface area contributed by atoms with Gasteiger partial charge in [0.2, 0.25) is 11.8 Å². The summed E-state index contributed by atoms with van der Waals surface area (Å²) < 4.78 is 0. The molecule has 0 aromatic heterocycles. The number of rotatable bonds is 3. The molecule has 2 rings (SSSR count). The summed E-state index contributed by atoms with van der Waals surface area (Å²) >= 11 is 0. The maximum Gasteiger partial charge on any atom is 0.240 e. The van der Waals surface area contributed by atoms with E-state index >= 15 is 0 Å². The number of carbonyl (C=O) groups is 2. The molecule has 0 radical (unpaired) electrons. The van der Waals surface area contributed by atoms with Crippen molar-refractivity contribution in [2.75, 3.05) is 19.6 Å². The molecule has 2 fully saturated rings. The van der Waals surface area contributed by atoms with E-state index in [0.29, 0.717) is 19.0 Å². The third-order valence-electron chi connectivity index (χ3n) is 4.07. The number of imide groups is 1. The first-order valence-electron chi connectivity index (χ1n) is 6.72. The summed E-state index contributed by atoms with van der Waals surface area (Å²) in [5.41, 5.74) is 0. The Morgan fingerprint density at radius 3 is 2.12 bits per heavy atom. The molecule has 0 atom stereocenters. The Labute approximate surface area is 103 Å². The van der Waals surface area contributed by atoms with E-state index in [2.05, 4.69) is 12.2 Å². The van der Waals surface area contributed by atoms with Gasteiger partial charge in [0.25, 0.3) is 0 Å². The molecule has 1 aliphatic heterocycles. The van der Waals surface area contributed by atoms with E-state index in [-0.39, 0.29) is 11.8 Å². The van der Waals surface area contributed by atoms with Gasteiger partial charge in [-0.1, -0.05) is 26.2 Å². The molecule has 0 aromatic rings. The highest BCUT2D eigenvalue weighted by Crippen LogP contribution is 2.31. The molecule has 96 valence electrons. The summed E-state index contributed by atoms with van der Waals surface area (Å²) in [5, 5.41) is 2.34. The molecule has 2 aliphatic rings. The SMILES string of the molecule is CCC1CCC(CN2CC(=O)NC(=O)C2)CC1. The van der Waals surface area contributed by atoms with E-state index in [1.165, 1.54) is 32.1 Å². The van der Waals surface area contributed by atoms with Gasteiger partial charge < -0.3 is 0 Å². The van der Waals surface area contributed by atoms with Crippen molar-refractivity contribution in [1.29, 1.82) is 0 Å². The first-order valence-corrected chi connectivity index (χ1v) is 6.72. The predicted octanol–water partition coefficient (Wildman–Crippen LogP) is 1.16. The molecule has 1 saturated carbocycles. The zero-order chi connectivity index (χ0) is 12.3. The Bertz CT molecular complexity index is 280. The van der Waals surface area contributed by atoms with Gasteiger partial charge in [0.15, 0.2) is 0 Å². The van der Waals surface area contributed by atoms with Crippen molar-refractivity contribution in [3.8, 4) is 0 Å². The first kappa shape index (κ1) is 12.6. The topological polar surface area (TPSA) is 49.4 Å². The summed E-state index contributed by atoms with van der Waals surface area (Å²) in [6.45, 7) is 3.95. The highest BCUT2D eigenvalue weighted by atomic mass is 16.2. The van der Waals surface area contributed by atoms with Gasteiger partial charge in [-0.2, -0.15) is 0 Å². The van der Waals surface area contributed by atoms with Crippen molar-refractivity contribution in [3.05, 3.63) is 0 Å². The lowest BCUT2D eigenvalue weighted by Gasteiger charge is -2.33. The lowest BCUT2D eigenvalue weighted by molar-refractivity contribution is -0.136. The summed E-state index contributed by atoms with van der Waals surface area (Å²) in [6, 6.07) is 0. The zero-order valence-electron chi connectivity index (χ0n) is 10.6. The van der Waals surface area contributed by atoms with Gasteiger partial charge in [0.1, 0.15) is 0 Å². The van der Waals surface area contributed by atoms with Crippen LogP contribution in [-0.4, -0.2) is 36.3 Å². The molecule has 0 unspecified atom stereocenters. The van der Waals surface area contributed by atoms with Gasteiger partial charge in [0.05, 0.1) is 13.1 Å². The monoisotopic (exact) mass is 238 g/mol. The fourth-order valence-electron chi connectivity index (χ4n) is 3.01. The molecular formula is C13H22N2O2. The second-order valence-corrected chi connectivity index (χ2v) is 5.44. The summed E-state index contributed by atoms with van der Waals surface area (Å²) in [4.78, 5) is 24.5. The number of piperazine rings is 1. The number of hydrogen-bond donors (Lipinski definition) is 1. The molecule has 4 heteroatoms. The van der Waals surface area contributed by atoms with Crippen LogP contribution in [0.15, 0.2) is 0 Å². The smallest absolute Gasteiger partial charge is 0.240 e. The average molecular weight is 238 g/mol. The number of nitrogens with zero attached hydrogens (tertiary/aromatic N) is 1. The zero-order valence-corrected chi connectivity index (χ0v) is 10.6. The quantitative estimate of drug-likeness (QED) is 0.751. The molecule has 0 bridgehead atoms. The fraction of sp³-hybridized carbons (Fsp3) is 0.846. The van der Waals surface area contributed by atoms with Crippen molar-refractivity contribution >= 4 is 11.8 Å². The Morgan fingerprint density at radius 1 is 1.06 bits per heavy atom. The minimum atomic E-state index is -0.150. The normalized spacial score (nSPS) is 31.4. The second kappa shape index (κ2) is 5.63. The number of amides is 2. The molecular weight excluding hydrogens is 216 g/mol. The third kappa shape index (κ3) is 3.53. The van der Waals surface area contributed by atoms with Gasteiger partial charge in [-0.15, -0.1) is 0 Å². The molecule has 4 nitrogen and oxygen atoms in total. The molecule has 2 amide bonds. The van der Waals surface area contributed by atoms with E-state index in [1.54, 1.807) is 0 Å². The minimum absolute atomic E-state index is 0.150. The van der Waals surface area contributed by atoms with Crippen LogP contribution in [-0.2, 0) is 9.59 Å². The number of nitrogens with one attached hydrogen (secondary N) is 1. The van der Waals surface area contributed by atoms with Gasteiger partial charge in [-0.3, -0.25) is 19.8 Å². The molecule has 1 aliphatic carbocycles. The highest BCUT2D eigenvalue weighted by Gasteiger charge is 2.26.